The summed E-state index contributed by atoms with van der Waals surface area (Å²) < 4.78 is 0. The molecule has 3 rings (SSSR count). The van der Waals surface area contributed by atoms with Gasteiger partial charge in [0.1, 0.15) is 0 Å². The molecule has 26 heavy (non-hydrogen) atoms. The van der Waals surface area contributed by atoms with Gasteiger partial charge in [-0.2, -0.15) is 0 Å². The lowest BCUT2D eigenvalue weighted by Gasteiger charge is -2.39. The van der Waals surface area contributed by atoms with Crippen LogP contribution in [-0.4, -0.2) is 0 Å². The van der Waals surface area contributed by atoms with Crippen molar-refractivity contribution in [3.63, 3.8) is 0 Å². The van der Waals surface area contributed by atoms with Crippen molar-refractivity contribution < 1.29 is 0 Å². The van der Waals surface area contributed by atoms with E-state index in [1.807, 2.05) is 0 Å². The molecule has 0 radical (unpaired) electrons. The van der Waals surface area contributed by atoms with E-state index in [1.165, 1.54) is 56.9 Å². The van der Waals surface area contributed by atoms with Crippen molar-refractivity contribution >= 4 is 17.2 Å². The summed E-state index contributed by atoms with van der Waals surface area (Å²) in [5.41, 5.74) is 5.70. The molecule has 0 saturated heterocycles. The topological polar surface area (TPSA) is 0 Å². The van der Waals surface area contributed by atoms with Crippen LogP contribution in [0.2, 0.25) is 5.02 Å². The van der Waals surface area contributed by atoms with Crippen molar-refractivity contribution in [3.05, 3.63) is 40.4 Å². The number of hydrogen-bond donors (Lipinski definition) is 0. The van der Waals surface area contributed by atoms with Gasteiger partial charge in [-0.15, -0.1) is 0 Å². The third-order valence-electron chi connectivity index (χ3n) is 6.97. The Morgan fingerprint density at radius 2 is 1.62 bits per heavy atom. The second-order valence-corrected chi connectivity index (χ2v) is 11.2. The molecule has 1 heteroatoms. The van der Waals surface area contributed by atoms with Crippen molar-refractivity contribution in [1.29, 1.82) is 0 Å². The van der Waals surface area contributed by atoms with Gasteiger partial charge in [-0.05, 0) is 97.3 Å². The Labute approximate surface area is 166 Å². The van der Waals surface area contributed by atoms with Crippen LogP contribution in [0.15, 0.2) is 29.8 Å². The van der Waals surface area contributed by atoms with Gasteiger partial charge < -0.3 is 0 Å². The second-order valence-electron chi connectivity index (χ2n) is 10.7. The highest BCUT2D eigenvalue weighted by molar-refractivity contribution is 6.30. The fourth-order valence-electron chi connectivity index (χ4n) is 5.19. The molecule has 144 valence electrons. The quantitative estimate of drug-likeness (QED) is 0.498. The summed E-state index contributed by atoms with van der Waals surface area (Å²) in [6.07, 6.45) is 10.8. The summed E-state index contributed by atoms with van der Waals surface area (Å²) in [5, 5.41) is 0.840. The van der Waals surface area contributed by atoms with Gasteiger partial charge >= 0.3 is 0 Å². The van der Waals surface area contributed by atoms with Crippen molar-refractivity contribution in [1.82, 2.24) is 0 Å². The molecule has 0 aliphatic heterocycles. The maximum atomic E-state index is 6.12. The van der Waals surface area contributed by atoms with Crippen molar-refractivity contribution in [3.8, 4) is 0 Å². The molecule has 1 fully saturated rings. The summed E-state index contributed by atoms with van der Waals surface area (Å²) in [6.45, 7) is 12.2. The third-order valence-corrected chi connectivity index (χ3v) is 7.22. The monoisotopic (exact) mass is 372 g/mol. The standard InChI is InChI=1S/C25H37Cl/c1-24(2,3)21-10-6-18(7-11-21)16-20-17-25(4,5)15-14-23(20)19-8-12-22(26)13-9-19/h8-9,12-13,18,21H,6-7,10-11,14-17H2,1-5H3. The average Bonchev–Trinajstić information content (AvgIpc) is 2.55. The van der Waals surface area contributed by atoms with Crippen LogP contribution in [0.4, 0.5) is 0 Å². The normalized spacial score (nSPS) is 26.8. The average molecular weight is 373 g/mol. The van der Waals surface area contributed by atoms with Crippen LogP contribution in [0, 0.1) is 22.7 Å². The van der Waals surface area contributed by atoms with Gasteiger partial charge in [0.05, 0.1) is 0 Å². The van der Waals surface area contributed by atoms with Gasteiger partial charge in [0.2, 0.25) is 0 Å². The highest BCUT2D eigenvalue weighted by Gasteiger charge is 2.32. The molecule has 0 bridgehead atoms. The first-order valence-electron chi connectivity index (χ1n) is 10.6. The Balaban J connectivity index is 1.76. The molecule has 0 atom stereocenters. The summed E-state index contributed by atoms with van der Waals surface area (Å²) in [6, 6.07) is 8.56. The van der Waals surface area contributed by atoms with E-state index in [-0.39, 0.29) is 0 Å². The number of rotatable bonds is 3. The third kappa shape index (κ3) is 4.94. The largest absolute Gasteiger partial charge is 0.0843 e. The molecule has 0 nitrogen and oxygen atoms in total. The van der Waals surface area contributed by atoms with E-state index in [9.17, 15) is 0 Å². The van der Waals surface area contributed by atoms with Crippen LogP contribution in [0.1, 0.15) is 91.5 Å². The lowest BCUT2D eigenvalue weighted by Crippen LogP contribution is -2.26. The lowest BCUT2D eigenvalue weighted by molar-refractivity contribution is 0.148. The predicted octanol–water partition coefficient (Wildman–Crippen LogP) is 8.55. The summed E-state index contributed by atoms with van der Waals surface area (Å²) in [4.78, 5) is 0. The Hall–Kier alpha value is -0.750. The van der Waals surface area contributed by atoms with E-state index in [2.05, 4.69) is 58.9 Å². The minimum atomic E-state index is 0.452. The highest BCUT2D eigenvalue weighted by Crippen LogP contribution is 2.47. The molecular weight excluding hydrogens is 336 g/mol. The van der Waals surface area contributed by atoms with E-state index in [1.54, 1.807) is 11.1 Å². The summed E-state index contributed by atoms with van der Waals surface area (Å²) in [5.74, 6) is 1.80. The molecule has 0 spiro atoms. The van der Waals surface area contributed by atoms with E-state index < -0.39 is 0 Å². The summed E-state index contributed by atoms with van der Waals surface area (Å²) in [7, 11) is 0. The summed E-state index contributed by atoms with van der Waals surface area (Å²) >= 11 is 6.12. The molecule has 1 saturated carbocycles. The van der Waals surface area contributed by atoms with Gasteiger partial charge in [-0.3, -0.25) is 0 Å². The van der Waals surface area contributed by atoms with E-state index in [0.29, 0.717) is 10.8 Å². The van der Waals surface area contributed by atoms with Crippen LogP contribution in [0.25, 0.3) is 5.57 Å². The Bertz CT molecular complexity index is 634. The maximum Gasteiger partial charge on any atom is 0.0406 e. The van der Waals surface area contributed by atoms with E-state index in [0.717, 1.165) is 16.9 Å². The second kappa shape index (κ2) is 7.70. The van der Waals surface area contributed by atoms with Crippen LogP contribution >= 0.6 is 11.6 Å². The van der Waals surface area contributed by atoms with Crippen molar-refractivity contribution in [2.75, 3.05) is 0 Å². The zero-order valence-electron chi connectivity index (χ0n) is 17.5. The Morgan fingerprint density at radius 1 is 1.00 bits per heavy atom. The van der Waals surface area contributed by atoms with Gasteiger partial charge in [0.25, 0.3) is 0 Å². The van der Waals surface area contributed by atoms with Crippen LogP contribution < -0.4 is 0 Å². The molecule has 0 aromatic heterocycles. The fraction of sp³-hybridized carbons (Fsp3) is 0.680. The molecule has 0 amide bonds. The first-order valence-corrected chi connectivity index (χ1v) is 11.0. The first-order chi connectivity index (χ1) is 12.1. The highest BCUT2D eigenvalue weighted by atomic mass is 35.5. The Kier molecular flexibility index (Phi) is 5.92. The Morgan fingerprint density at radius 3 is 2.19 bits per heavy atom. The predicted molar refractivity (Wildman–Crippen MR) is 116 cm³/mol. The molecule has 0 unspecified atom stereocenters. The van der Waals surface area contributed by atoms with Crippen LogP contribution in [0.3, 0.4) is 0 Å². The lowest BCUT2D eigenvalue weighted by atomic mass is 9.66. The number of benzene rings is 1. The molecular formula is C25H37Cl. The van der Waals surface area contributed by atoms with Crippen molar-refractivity contribution in [2.45, 2.75) is 86.0 Å². The molecule has 0 N–H and O–H groups in total. The molecule has 0 heterocycles. The molecule has 2 aliphatic rings. The minimum absolute atomic E-state index is 0.452. The number of halogens is 1. The number of hydrogen-bond acceptors (Lipinski definition) is 0. The van der Waals surface area contributed by atoms with E-state index >= 15 is 0 Å². The van der Waals surface area contributed by atoms with Gasteiger partial charge in [0.15, 0.2) is 0 Å². The SMILES string of the molecule is CC1(C)CCC(c2ccc(Cl)cc2)=C(CC2CCC(C(C)(C)C)CC2)C1. The first kappa shape index (κ1) is 20.0. The fourth-order valence-corrected chi connectivity index (χ4v) is 5.31. The van der Waals surface area contributed by atoms with Crippen LogP contribution in [-0.2, 0) is 0 Å². The molecule has 2 aliphatic carbocycles. The van der Waals surface area contributed by atoms with Crippen LogP contribution in [0.5, 0.6) is 0 Å². The minimum Gasteiger partial charge on any atom is -0.0843 e. The zero-order valence-corrected chi connectivity index (χ0v) is 18.3. The van der Waals surface area contributed by atoms with Gasteiger partial charge in [-0.25, -0.2) is 0 Å². The van der Waals surface area contributed by atoms with Crippen molar-refractivity contribution in [2.24, 2.45) is 22.7 Å². The number of allylic oxidation sites excluding steroid dienone is 2. The zero-order chi connectivity index (χ0) is 18.9. The van der Waals surface area contributed by atoms with Gasteiger partial charge in [0, 0.05) is 5.02 Å². The molecule has 1 aromatic rings. The van der Waals surface area contributed by atoms with E-state index in [4.69, 9.17) is 11.6 Å². The van der Waals surface area contributed by atoms with Gasteiger partial charge in [-0.1, -0.05) is 63.9 Å². The molecule has 1 aromatic carbocycles. The maximum absolute atomic E-state index is 6.12. The smallest absolute Gasteiger partial charge is 0.0406 e.